The van der Waals surface area contributed by atoms with Gasteiger partial charge in [0.05, 0.1) is 17.5 Å². The number of hydrogen-bond donors (Lipinski definition) is 0. The zero-order valence-corrected chi connectivity index (χ0v) is 15.2. The van der Waals surface area contributed by atoms with Crippen molar-refractivity contribution in [2.45, 2.75) is 0 Å². The number of carbonyl (C=O) groups is 1. The minimum Gasteiger partial charge on any atom is -0.287 e. The van der Waals surface area contributed by atoms with Gasteiger partial charge in [-0.05, 0) is 29.8 Å². The molecular weight excluding hydrogens is 396 g/mol. The molecule has 2 aromatic carbocycles. The van der Waals surface area contributed by atoms with E-state index < -0.39 is 40.3 Å². The molecule has 0 amide bonds. The molecule has 0 saturated carbocycles. The maximum Gasteiger partial charge on any atom is 0.217 e. The van der Waals surface area contributed by atoms with Crippen molar-refractivity contribution in [1.82, 2.24) is 9.97 Å². The maximum absolute atomic E-state index is 14.5. The molecule has 148 valence electrons. The summed E-state index contributed by atoms with van der Waals surface area (Å²) in [5.74, 6) is -5.40. The van der Waals surface area contributed by atoms with Crippen LogP contribution in [0.2, 0.25) is 0 Å². The molecule has 0 unspecified atom stereocenters. The molecule has 30 heavy (non-hydrogen) atoms. The summed E-state index contributed by atoms with van der Waals surface area (Å²) in [4.78, 5) is 20.2. The summed E-state index contributed by atoms with van der Waals surface area (Å²) in [6, 6.07) is 14.0. The van der Waals surface area contributed by atoms with Gasteiger partial charge in [0.25, 0.3) is 0 Å². The molecule has 0 aliphatic rings. The molecule has 4 aromatic rings. The highest BCUT2D eigenvalue weighted by Gasteiger charge is 2.22. The monoisotopic (exact) mass is 408 g/mol. The van der Waals surface area contributed by atoms with E-state index in [-0.39, 0.29) is 5.56 Å². The summed E-state index contributed by atoms with van der Waals surface area (Å²) in [7, 11) is 0. The number of rotatable bonds is 4. The van der Waals surface area contributed by atoms with E-state index in [2.05, 4.69) is 9.97 Å². The Morgan fingerprint density at radius 3 is 2.27 bits per heavy atom. The van der Waals surface area contributed by atoms with Crippen molar-refractivity contribution in [2.75, 3.05) is 0 Å². The van der Waals surface area contributed by atoms with Crippen LogP contribution in [0.15, 0.2) is 73.1 Å². The van der Waals surface area contributed by atoms with Crippen LogP contribution in [-0.2, 0) is 0 Å². The van der Waals surface area contributed by atoms with Gasteiger partial charge in [0.2, 0.25) is 5.78 Å². The van der Waals surface area contributed by atoms with Crippen LogP contribution in [0.4, 0.5) is 17.6 Å². The fraction of sp³-hybridized carbons (Fsp3) is 0. The Kier molecular flexibility index (Phi) is 5.10. The summed E-state index contributed by atoms with van der Waals surface area (Å²) in [6.45, 7) is 0. The largest absolute Gasteiger partial charge is 0.287 e. The lowest BCUT2D eigenvalue weighted by Gasteiger charge is -2.10. The second-order valence-corrected chi connectivity index (χ2v) is 6.42. The topological polar surface area (TPSA) is 42.9 Å². The van der Waals surface area contributed by atoms with Crippen molar-refractivity contribution in [3.05, 3.63) is 108 Å². The molecule has 0 radical (unpaired) electrons. The van der Waals surface area contributed by atoms with Gasteiger partial charge in [0.1, 0.15) is 23.1 Å². The third kappa shape index (κ3) is 3.69. The van der Waals surface area contributed by atoms with Crippen molar-refractivity contribution < 1.29 is 22.4 Å². The Morgan fingerprint density at radius 1 is 0.733 bits per heavy atom. The molecule has 0 aliphatic heterocycles. The third-order valence-corrected chi connectivity index (χ3v) is 4.46. The first-order chi connectivity index (χ1) is 14.4. The highest BCUT2D eigenvalue weighted by atomic mass is 19.1. The summed E-state index contributed by atoms with van der Waals surface area (Å²) in [5, 5.41) is 0. The van der Waals surface area contributed by atoms with E-state index in [0.717, 1.165) is 6.07 Å². The lowest BCUT2D eigenvalue weighted by molar-refractivity contribution is 0.102. The second kappa shape index (κ2) is 7.87. The van der Waals surface area contributed by atoms with Gasteiger partial charge >= 0.3 is 0 Å². The van der Waals surface area contributed by atoms with Gasteiger partial charge in [0, 0.05) is 29.5 Å². The van der Waals surface area contributed by atoms with Crippen LogP contribution in [0, 0.1) is 23.3 Å². The van der Waals surface area contributed by atoms with Crippen molar-refractivity contribution in [3.63, 3.8) is 0 Å². The smallest absolute Gasteiger partial charge is 0.217 e. The lowest BCUT2D eigenvalue weighted by Crippen LogP contribution is -2.10. The molecule has 0 atom stereocenters. The molecule has 2 aromatic heterocycles. The molecule has 0 spiro atoms. The van der Waals surface area contributed by atoms with E-state index in [0.29, 0.717) is 35.2 Å². The van der Waals surface area contributed by atoms with E-state index in [1.165, 1.54) is 0 Å². The first-order valence-electron chi connectivity index (χ1n) is 8.80. The number of ketones is 1. The number of aromatic nitrogens is 2. The summed E-state index contributed by atoms with van der Waals surface area (Å²) in [5.41, 5.74) is 0.326. The van der Waals surface area contributed by atoms with Crippen molar-refractivity contribution >= 4 is 5.78 Å². The van der Waals surface area contributed by atoms with Gasteiger partial charge in [-0.3, -0.25) is 9.78 Å². The zero-order chi connectivity index (χ0) is 21.3. The van der Waals surface area contributed by atoms with Crippen molar-refractivity contribution in [1.29, 1.82) is 0 Å². The van der Waals surface area contributed by atoms with Crippen LogP contribution >= 0.6 is 0 Å². The standard InChI is InChI=1S/C23H12F4N2O/c24-15-9-20(27)22(29-12-15)23(30)17-10-16(18(25)11-19(17)26)13-4-3-5-14(8-13)21-6-1-2-7-28-21/h1-12H. The summed E-state index contributed by atoms with van der Waals surface area (Å²) >= 11 is 0. The Labute approximate surface area is 168 Å². The average molecular weight is 408 g/mol. The van der Waals surface area contributed by atoms with Gasteiger partial charge in [-0.25, -0.2) is 22.5 Å². The molecule has 0 N–H and O–H groups in total. The number of nitrogens with zero attached hydrogens (tertiary/aromatic N) is 2. The van der Waals surface area contributed by atoms with Gasteiger partial charge in [-0.1, -0.05) is 24.3 Å². The van der Waals surface area contributed by atoms with Crippen molar-refractivity contribution in [3.8, 4) is 22.4 Å². The van der Waals surface area contributed by atoms with Crippen LogP contribution in [0.25, 0.3) is 22.4 Å². The Morgan fingerprint density at radius 2 is 1.53 bits per heavy atom. The normalized spacial score (nSPS) is 10.8. The molecule has 2 heterocycles. The van der Waals surface area contributed by atoms with Crippen LogP contribution < -0.4 is 0 Å². The van der Waals surface area contributed by atoms with Gasteiger partial charge < -0.3 is 0 Å². The molecule has 4 rings (SSSR count). The molecule has 0 fully saturated rings. The number of halogens is 4. The molecule has 0 aliphatic carbocycles. The van der Waals surface area contributed by atoms with Crippen molar-refractivity contribution in [2.24, 2.45) is 0 Å². The molecular formula is C23H12F4N2O. The molecule has 7 heteroatoms. The van der Waals surface area contributed by atoms with E-state index in [9.17, 15) is 22.4 Å². The molecule has 3 nitrogen and oxygen atoms in total. The Balaban J connectivity index is 1.80. The first kappa shape index (κ1) is 19.4. The van der Waals surface area contributed by atoms with E-state index in [4.69, 9.17) is 0 Å². The SMILES string of the molecule is O=C(c1cc(-c2cccc(-c3ccccn3)c2)c(F)cc1F)c1ncc(F)cc1F. The Hall–Kier alpha value is -3.87. The summed E-state index contributed by atoms with van der Waals surface area (Å²) in [6.07, 6.45) is 2.26. The van der Waals surface area contributed by atoms with Crippen LogP contribution in [-0.4, -0.2) is 15.8 Å². The highest BCUT2D eigenvalue weighted by molar-refractivity contribution is 6.08. The number of pyridine rings is 2. The minimum absolute atomic E-state index is 0.0555. The van der Waals surface area contributed by atoms with Gasteiger partial charge in [-0.15, -0.1) is 0 Å². The fourth-order valence-corrected chi connectivity index (χ4v) is 3.03. The predicted octanol–water partition coefficient (Wildman–Crippen LogP) is 5.60. The number of benzene rings is 2. The zero-order valence-electron chi connectivity index (χ0n) is 15.2. The highest BCUT2D eigenvalue weighted by Crippen LogP contribution is 2.30. The molecule has 0 bridgehead atoms. The second-order valence-electron chi connectivity index (χ2n) is 6.42. The van der Waals surface area contributed by atoms with Gasteiger partial charge in [0.15, 0.2) is 5.82 Å². The average Bonchev–Trinajstić information content (AvgIpc) is 2.74. The van der Waals surface area contributed by atoms with E-state index in [1.54, 1.807) is 48.7 Å². The number of carbonyl (C=O) groups excluding carboxylic acids is 1. The van der Waals surface area contributed by atoms with Crippen LogP contribution in [0.1, 0.15) is 16.1 Å². The number of hydrogen-bond acceptors (Lipinski definition) is 3. The maximum atomic E-state index is 14.5. The van der Waals surface area contributed by atoms with Crippen LogP contribution in [0.3, 0.4) is 0 Å². The fourth-order valence-electron chi connectivity index (χ4n) is 3.03. The minimum atomic E-state index is -1.23. The molecule has 0 saturated heterocycles. The predicted molar refractivity (Wildman–Crippen MR) is 103 cm³/mol. The third-order valence-electron chi connectivity index (χ3n) is 4.46. The van der Waals surface area contributed by atoms with E-state index in [1.807, 2.05) is 0 Å². The van der Waals surface area contributed by atoms with Gasteiger partial charge in [-0.2, -0.15) is 0 Å². The lowest BCUT2D eigenvalue weighted by atomic mass is 9.97. The first-order valence-corrected chi connectivity index (χ1v) is 8.80. The quantitative estimate of drug-likeness (QED) is 0.326. The van der Waals surface area contributed by atoms with Crippen LogP contribution in [0.5, 0.6) is 0 Å². The Bertz CT molecular complexity index is 1260. The van der Waals surface area contributed by atoms with E-state index >= 15 is 0 Å². The summed E-state index contributed by atoms with van der Waals surface area (Å²) < 4.78 is 55.9.